The molecule has 0 aliphatic rings. The SMILES string of the molecule is CC(C)=C/C=C(\OC(=O)C(Cl)(Cl)Cl)c1cc(O)c2c(O)ccc(O)c2c1O. The van der Waals surface area contributed by atoms with Gasteiger partial charge in [0.25, 0.3) is 3.79 Å². The molecular formula is C18H15Cl3O6. The van der Waals surface area contributed by atoms with Crippen LogP contribution < -0.4 is 0 Å². The number of phenols is 4. The third kappa shape index (κ3) is 4.53. The number of aromatic hydroxyl groups is 4. The van der Waals surface area contributed by atoms with Crippen LogP contribution in [0.2, 0.25) is 0 Å². The minimum atomic E-state index is -2.38. The Balaban J connectivity index is 2.76. The van der Waals surface area contributed by atoms with Crippen LogP contribution in [-0.4, -0.2) is 30.2 Å². The second-order valence-electron chi connectivity index (χ2n) is 5.81. The molecule has 2 aromatic rings. The predicted octanol–water partition coefficient (Wildman–Crippen LogP) is 4.88. The van der Waals surface area contributed by atoms with Gasteiger partial charge in [-0.1, -0.05) is 46.5 Å². The first-order valence-corrected chi connectivity index (χ1v) is 8.61. The van der Waals surface area contributed by atoms with Crippen molar-refractivity contribution in [3.63, 3.8) is 0 Å². The number of allylic oxidation sites excluding steroid dienone is 3. The second kappa shape index (κ2) is 7.76. The zero-order valence-electron chi connectivity index (χ0n) is 14.1. The van der Waals surface area contributed by atoms with Crippen LogP contribution in [0.15, 0.2) is 35.9 Å². The zero-order valence-corrected chi connectivity index (χ0v) is 16.4. The van der Waals surface area contributed by atoms with Crippen molar-refractivity contribution in [2.75, 3.05) is 0 Å². The topological polar surface area (TPSA) is 107 Å². The summed E-state index contributed by atoms with van der Waals surface area (Å²) in [6.45, 7) is 3.54. The van der Waals surface area contributed by atoms with Gasteiger partial charge in [0.1, 0.15) is 28.8 Å². The minimum absolute atomic E-state index is 0.166. The van der Waals surface area contributed by atoms with Gasteiger partial charge in [0.05, 0.1) is 16.3 Å². The second-order valence-corrected chi connectivity index (χ2v) is 8.09. The molecule has 0 atom stereocenters. The van der Waals surface area contributed by atoms with Crippen molar-refractivity contribution in [1.29, 1.82) is 0 Å². The highest BCUT2D eigenvalue weighted by Gasteiger charge is 2.34. The Labute approximate surface area is 169 Å². The number of fused-ring (bicyclic) bond motifs is 1. The Morgan fingerprint density at radius 1 is 0.963 bits per heavy atom. The highest BCUT2D eigenvalue weighted by molar-refractivity contribution is 6.75. The fourth-order valence-electron chi connectivity index (χ4n) is 2.26. The minimum Gasteiger partial charge on any atom is -0.507 e. The third-order valence-electron chi connectivity index (χ3n) is 3.46. The Kier molecular flexibility index (Phi) is 6.04. The average molecular weight is 434 g/mol. The number of hydrogen-bond donors (Lipinski definition) is 4. The van der Waals surface area contributed by atoms with Gasteiger partial charge < -0.3 is 25.2 Å². The van der Waals surface area contributed by atoms with E-state index < -0.39 is 27.0 Å². The Hall–Kier alpha value is -2.28. The molecule has 0 saturated heterocycles. The molecular weight excluding hydrogens is 419 g/mol. The van der Waals surface area contributed by atoms with Crippen LogP contribution in [0.3, 0.4) is 0 Å². The number of carbonyl (C=O) groups excluding carboxylic acids is 1. The first kappa shape index (κ1) is 21.0. The summed E-state index contributed by atoms with van der Waals surface area (Å²) < 4.78 is 2.70. The molecule has 0 bridgehead atoms. The first-order valence-electron chi connectivity index (χ1n) is 7.47. The molecule has 0 amide bonds. The summed E-state index contributed by atoms with van der Waals surface area (Å²) in [5, 5.41) is 40.4. The maximum absolute atomic E-state index is 12.0. The first-order chi connectivity index (χ1) is 12.4. The van der Waals surface area contributed by atoms with Gasteiger partial charge in [-0.3, -0.25) is 0 Å². The van der Waals surface area contributed by atoms with Crippen LogP contribution in [0, 0.1) is 0 Å². The molecule has 144 valence electrons. The van der Waals surface area contributed by atoms with Gasteiger partial charge >= 0.3 is 5.97 Å². The van der Waals surface area contributed by atoms with Crippen molar-refractivity contribution in [2.24, 2.45) is 0 Å². The molecule has 4 N–H and O–H groups in total. The van der Waals surface area contributed by atoms with Crippen LogP contribution in [0.25, 0.3) is 16.5 Å². The standard InChI is InChI=1S/C18H15Cl3O6/c1-8(2)3-6-13(27-17(26)18(19,20)21)9-7-12(24)14-10(22)4-5-11(23)15(14)16(9)25/h3-7,22-25H,1-2H3/b13-6-. The lowest BCUT2D eigenvalue weighted by Crippen LogP contribution is -2.21. The van der Waals surface area contributed by atoms with Gasteiger partial charge in [0.2, 0.25) is 0 Å². The number of rotatable bonds is 3. The molecule has 0 heterocycles. The largest absolute Gasteiger partial charge is 0.507 e. The number of carbonyl (C=O) groups is 1. The van der Waals surface area contributed by atoms with E-state index in [1.54, 1.807) is 19.9 Å². The maximum Gasteiger partial charge on any atom is 0.363 e. The smallest absolute Gasteiger partial charge is 0.363 e. The number of ether oxygens (including phenoxy) is 1. The Morgan fingerprint density at radius 2 is 1.52 bits per heavy atom. The molecule has 2 rings (SSSR count). The van der Waals surface area contributed by atoms with E-state index in [1.165, 1.54) is 6.08 Å². The third-order valence-corrected chi connectivity index (χ3v) is 3.92. The summed E-state index contributed by atoms with van der Waals surface area (Å²) in [5.74, 6) is -3.28. The van der Waals surface area contributed by atoms with E-state index in [1.807, 2.05) is 0 Å². The molecule has 0 spiro atoms. The fraction of sp³-hybridized carbons (Fsp3) is 0.167. The molecule has 0 aromatic heterocycles. The molecule has 0 radical (unpaired) electrons. The van der Waals surface area contributed by atoms with Crippen LogP contribution in [-0.2, 0) is 9.53 Å². The van der Waals surface area contributed by atoms with E-state index in [0.717, 1.165) is 23.8 Å². The van der Waals surface area contributed by atoms with Crippen LogP contribution in [0.1, 0.15) is 19.4 Å². The van der Waals surface area contributed by atoms with E-state index in [2.05, 4.69) is 0 Å². The van der Waals surface area contributed by atoms with Crippen LogP contribution in [0.4, 0.5) is 0 Å². The molecule has 0 fully saturated rings. The monoisotopic (exact) mass is 432 g/mol. The lowest BCUT2D eigenvalue weighted by Gasteiger charge is -2.16. The number of esters is 1. The predicted molar refractivity (Wildman–Crippen MR) is 104 cm³/mol. The molecule has 0 aliphatic carbocycles. The van der Waals surface area contributed by atoms with E-state index in [-0.39, 0.29) is 27.8 Å². The van der Waals surface area contributed by atoms with Crippen LogP contribution >= 0.6 is 34.8 Å². The number of hydrogen-bond acceptors (Lipinski definition) is 6. The van der Waals surface area contributed by atoms with E-state index in [4.69, 9.17) is 39.5 Å². The van der Waals surface area contributed by atoms with Crippen LogP contribution in [0.5, 0.6) is 23.0 Å². The van der Waals surface area contributed by atoms with Crippen molar-refractivity contribution in [3.8, 4) is 23.0 Å². The lowest BCUT2D eigenvalue weighted by atomic mass is 10.0. The molecule has 2 aromatic carbocycles. The summed E-state index contributed by atoms with van der Waals surface area (Å²) in [6, 6.07) is 3.33. The van der Waals surface area contributed by atoms with E-state index >= 15 is 0 Å². The van der Waals surface area contributed by atoms with Gasteiger partial charge in [-0.15, -0.1) is 0 Å². The maximum atomic E-state index is 12.0. The lowest BCUT2D eigenvalue weighted by molar-refractivity contribution is -0.135. The van der Waals surface area contributed by atoms with Crippen molar-refractivity contribution in [3.05, 3.63) is 41.5 Å². The number of halogens is 3. The normalized spacial score (nSPS) is 12.1. The summed E-state index contributed by atoms with van der Waals surface area (Å²) in [4.78, 5) is 12.0. The highest BCUT2D eigenvalue weighted by atomic mass is 35.6. The molecule has 27 heavy (non-hydrogen) atoms. The Morgan fingerprint density at radius 3 is 2.04 bits per heavy atom. The molecule has 0 unspecified atom stereocenters. The van der Waals surface area contributed by atoms with Gasteiger partial charge in [-0.25, -0.2) is 4.79 Å². The fourth-order valence-corrected chi connectivity index (χ4v) is 2.37. The Bertz CT molecular complexity index is 969. The van der Waals surface area contributed by atoms with Gasteiger partial charge in [0.15, 0.2) is 0 Å². The number of alkyl halides is 3. The summed E-state index contributed by atoms with van der Waals surface area (Å²) in [6.07, 6.45) is 2.88. The molecule has 9 heteroatoms. The van der Waals surface area contributed by atoms with Gasteiger partial charge in [-0.05, 0) is 38.1 Å². The summed E-state index contributed by atoms with van der Waals surface area (Å²) in [5.41, 5.74) is 0.656. The quantitative estimate of drug-likeness (QED) is 0.181. The summed E-state index contributed by atoms with van der Waals surface area (Å²) in [7, 11) is 0. The molecule has 0 saturated carbocycles. The molecule has 6 nitrogen and oxygen atoms in total. The van der Waals surface area contributed by atoms with Gasteiger partial charge in [-0.2, -0.15) is 0 Å². The van der Waals surface area contributed by atoms with Crippen molar-refractivity contribution in [1.82, 2.24) is 0 Å². The number of benzene rings is 2. The van der Waals surface area contributed by atoms with Crippen molar-refractivity contribution < 1.29 is 30.0 Å². The van der Waals surface area contributed by atoms with E-state index in [9.17, 15) is 25.2 Å². The number of phenolic OH excluding ortho intramolecular Hbond substituents is 4. The highest BCUT2D eigenvalue weighted by Crippen LogP contribution is 2.46. The zero-order chi connectivity index (χ0) is 20.5. The summed E-state index contributed by atoms with van der Waals surface area (Å²) >= 11 is 16.6. The van der Waals surface area contributed by atoms with Crippen molar-refractivity contribution in [2.45, 2.75) is 17.6 Å². The van der Waals surface area contributed by atoms with E-state index in [0.29, 0.717) is 0 Å². The van der Waals surface area contributed by atoms with Crippen molar-refractivity contribution >= 4 is 57.3 Å². The molecule has 0 aliphatic heterocycles. The average Bonchev–Trinajstić information content (AvgIpc) is 2.55. The van der Waals surface area contributed by atoms with Gasteiger partial charge in [0, 0.05) is 0 Å².